The molecule has 0 aliphatic carbocycles. The van der Waals surface area contributed by atoms with E-state index in [1.807, 2.05) is 18.2 Å². The van der Waals surface area contributed by atoms with Gasteiger partial charge >= 0.3 is 0 Å². The van der Waals surface area contributed by atoms with Crippen LogP contribution in [-0.4, -0.2) is 15.2 Å². The number of benzene rings is 1. The van der Waals surface area contributed by atoms with Crippen LogP contribution < -0.4 is 5.32 Å². The SMILES string of the molecule is c1cc(NCc2ccc(-c3ccn[nH]3)cc2)ccn1. The van der Waals surface area contributed by atoms with Crippen molar-refractivity contribution in [1.29, 1.82) is 0 Å². The van der Waals surface area contributed by atoms with Crippen LogP contribution in [0.2, 0.25) is 0 Å². The van der Waals surface area contributed by atoms with E-state index >= 15 is 0 Å². The summed E-state index contributed by atoms with van der Waals surface area (Å²) in [5, 5.41) is 10.3. The van der Waals surface area contributed by atoms with E-state index in [0.29, 0.717) is 0 Å². The van der Waals surface area contributed by atoms with Gasteiger partial charge in [0.15, 0.2) is 0 Å². The Balaban J connectivity index is 1.67. The van der Waals surface area contributed by atoms with Gasteiger partial charge in [0, 0.05) is 30.8 Å². The van der Waals surface area contributed by atoms with Crippen LogP contribution in [0.15, 0.2) is 61.1 Å². The van der Waals surface area contributed by atoms with Gasteiger partial charge in [0.05, 0.1) is 5.69 Å². The fourth-order valence-corrected chi connectivity index (χ4v) is 1.89. The predicted octanol–water partition coefficient (Wildman–Crippen LogP) is 3.08. The molecule has 94 valence electrons. The van der Waals surface area contributed by atoms with Crippen LogP contribution in [-0.2, 0) is 6.54 Å². The molecule has 2 N–H and O–H groups in total. The van der Waals surface area contributed by atoms with Crippen molar-refractivity contribution >= 4 is 5.69 Å². The van der Waals surface area contributed by atoms with Crippen LogP contribution in [0.3, 0.4) is 0 Å². The summed E-state index contributed by atoms with van der Waals surface area (Å²) in [6.45, 7) is 0.799. The Morgan fingerprint density at radius 3 is 2.37 bits per heavy atom. The zero-order valence-corrected chi connectivity index (χ0v) is 10.4. The Hall–Kier alpha value is -2.62. The lowest BCUT2D eigenvalue weighted by molar-refractivity contribution is 1.09. The summed E-state index contributed by atoms with van der Waals surface area (Å²) in [6.07, 6.45) is 5.32. The average Bonchev–Trinajstić information content (AvgIpc) is 3.01. The Morgan fingerprint density at radius 2 is 1.68 bits per heavy atom. The van der Waals surface area contributed by atoms with Gasteiger partial charge in [0.2, 0.25) is 0 Å². The van der Waals surface area contributed by atoms with Crippen LogP contribution in [0.5, 0.6) is 0 Å². The molecule has 3 aromatic rings. The zero-order chi connectivity index (χ0) is 12.9. The second kappa shape index (κ2) is 5.35. The van der Waals surface area contributed by atoms with Gasteiger partial charge in [-0.2, -0.15) is 5.10 Å². The summed E-state index contributed by atoms with van der Waals surface area (Å²) >= 11 is 0. The average molecular weight is 250 g/mol. The van der Waals surface area contributed by atoms with Crippen LogP contribution >= 0.6 is 0 Å². The normalized spacial score (nSPS) is 10.3. The van der Waals surface area contributed by atoms with Gasteiger partial charge in [-0.3, -0.25) is 10.1 Å². The van der Waals surface area contributed by atoms with E-state index in [2.05, 4.69) is 44.8 Å². The van der Waals surface area contributed by atoms with Crippen LogP contribution in [0.4, 0.5) is 5.69 Å². The maximum absolute atomic E-state index is 3.99. The highest BCUT2D eigenvalue weighted by Crippen LogP contribution is 2.17. The molecule has 3 rings (SSSR count). The molecule has 2 heterocycles. The Kier molecular flexibility index (Phi) is 3.23. The van der Waals surface area contributed by atoms with E-state index < -0.39 is 0 Å². The van der Waals surface area contributed by atoms with Crippen LogP contribution in [0.1, 0.15) is 5.56 Å². The molecule has 0 atom stereocenters. The number of nitrogens with zero attached hydrogens (tertiary/aromatic N) is 2. The molecule has 4 heteroatoms. The van der Waals surface area contributed by atoms with Crippen molar-refractivity contribution in [3.8, 4) is 11.3 Å². The zero-order valence-electron chi connectivity index (χ0n) is 10.4. The van der Waals surface area contributed by atoms with E-state index in [4.69, 9.17) is 0 Å². The molecule has 2 aromatic heterocycles. The van der Waals surface area contributed by atoms with E-state index in [1.165, 1.54) is 5.56 Å². The first kappa shape index (κ1) is 11.5. The molecule has 0 aliphatic heterocycles. The summed E-state index contributed by atoms with van der Waals surface area (Å²) in [6, 6.07) is 14.3. The lowest BCUT2D eigenvalue weighted by Gasteiger charge is -2.06. The highest BCUT2D eigenvalue weighted by Gasteiger charge is 1.99. The van der Waals surface area contributed by atoms with Gasteiger partial charge in [-0.05, 0) is 29.3 Å². The largest absolute Gasteiger partial charge is 0.381 e. The number of aromatic amines is 1. The summed E-state index contributed by atoms with van der Waals surface area (Å²) in [5.74, 6) is 0. The molecule has 1 aromatic carbocycles. The van der Waals surface area contributed by atoms with Crippen molar-refractivity contribution in [3.63, 3.8) is 0 Å². The van der Waals surface area contributed by atoms with Crippen LogP contribution in [0, 0.1) is 0 Å². The molecule has 0 amide bonds. The molecule has 19 heavy (non-hydrogen) atoms. The van der Waals surface area contributed by atoms with Gasteiger partial charge in [-0.1, -0.05) is 24.3 Å². The summed E-state index contributed by atoms with van der Waals surface area (Å²) < 4.78 is 0. The standard InChI is InChI=1S/C15H14N4/c1-3-13(15-7-10-18-19-15)4-2-12(1)11-17-14-5-8-16-9-6-14/h1-10H,11H2,(H,16,17)(H,18,19). The van der Waals surface area contributed by atoms with E-state index in [0.717, 1.165) is 23.5 Å². The fraction of sp³-hybridized carbons (Fsp3) is 0.0667. The number of hydrogen-bond donors (Lipinski definition) is 2. The quantitative estimate of drug-likeness (QED) is 0.748. The minimum absolute atomic E-state index is 0.799. The van der Waals surface area contributed by atoms with Crippen molar-refractivity contribution in [2.75, 3.05) is 5.32 Å². The lowest BCUT2D eigenvalue weighted by Crippen LogP contribution is -1.99. The second-order valence-electron chi connectivity index (χ2n) is 4.26. The van der Waals surface area contributed by atoms with Crippen molar-refractivity contribution in [1.82, 2.24) is 15.2 Å². The predicted molar refractivity (Wildman–Crippen MR) is 75.6 cm³/mol. The van der Waals surface area contributed by atoms with Crippen molar-refractivity contribution < 1.29 is 0 Å². The third-order valence-corrected chi connectivity index (χ3v) is 2.94. The molecule has 0 saturated heterocycles. The van der Waals surface area contributed by atoms with Crippen molar-refractivity contribution in [2.45, 2.75) is 6.54 Å². The highest BCUT2D eigenvalue weighted by molar-refractivity contribution is 5.58. The molecule has 4 nitrogen and oxygen atoms in total. The first-order valence-corrected chi connectivity index (χ1v) is 6.14. The first-order chi connectivity index (χ1) is 9.42. The van der Waals surface area contributed by atoms with Gasteiger partial charge < -0.3 is 5.32 Å². The minimum atomic E-state index is 0.799. The minimum Gasteiger partial charge on any atom is -0.381 e. The summed E-state index contributed by atoms with van der Waals surface area (Å²) in [5.41, 5.74) is 4.49. The summed E-state index contributed by atoms with van der Waals surface area (Å²) in [7, 11) is 0. The molecule has 0 saturated carbocycles. The van der Waals surface area contributed by atoms with Crippen molar-refractivity contribution in [2.24, 2.45) is 0 Å². The Morgan fingerprint density at radius 1 is 0.895 bits per heavy atom. The molecule has 0 bridgehead atoms. The third-order valence-electron chi connectivity index (χ3n) is 2.94. The smallest absolute Gasteiger partial charge is 0.0650 e. The lowest BCUT2D eigenvalue weighted by atomic mass is 10.1. The Labute approximate surface area is 111 Å². The van der Waals surface area contributed by atoms with Gasteiger partial charge in [-0.25, -0.2) is 0 Å². The first-order valence-electron chi connectivity index (χ1n) is 6.14. The number of rotatable bonds is 4. The number of pyridine rings is 1. The number of hydrogen-bond acceptors (Lipinski definition) is 3. The van der Waals surface area contributed by atoms with E-state index in [1.54, 1.807) is 18.6 Å². The second-order valence-corrected chi connectivity index (χ2v) is 4.26. The fourth-order valence-electron chi connectivity index (χ4n) is 1.89. The number of anilines is 1. The molecule has 0 unspecified atom stereocenters. The highest BCUT2D eigenvalue weighted by atomic mass is 15.1. The van der Waals surface area contributed by atoms with E-state index in [-0.39, 0.29) is 0 Å². The third kappa shape index (κ3) is 2.80. The molecular weight excluding hydrogens is 236 g/mol. The Bertz CT molecular complexity index is 615. The van der Waals surface area contributed by atoms with Gasteiger partial charge in [0.1, 0.15) is 0 Å². The maximum atomic E-state index is 3.99. The van der Waals surface area contributed by atoms with Crippen molar-refractivity contribution in [3.05, 3.63) is 66.6 Å². The molecule has 0 spiro atoms. The number of aromatic nitrogens is 3. The summed E-state index contributed by atoms with van der Waals surface area (Å²) in [4.78, 5) is 3.99. The maximum Gasteiger partial charge on any atom is 0.0650 e. The topological polar surface area (TPSA) is 53.6 Å². The molecule has 0 aliphatic rings. The van der Waals surface area contributed by atoms with Crippen LogP contribution in [0.25, 0.3) is 11.3 Å². The number of H-pyrrole nitrogens is 1. The number of nitrogens with one attached hydrogen (secondary N) is 2. The monoisotopic (exact) mass is 250 g/mol. The molecular formula is C15H14N4. The van der Waals surface area contributed by atoms with Gasteiger partial charge in [0.25, 0.3) is 0 Å². The van der Waals surface area contributed by atoms with E-state index in [9.17, 15) is 0 Å². The van der Waals surface area contributed by atoms with Gasteiger partial charge in [-0.15, -0.1) is 0 Å². The molecule has 0 radical (unpaired) electrons. The molecule has 0 fully saturated rings.